The normalized spacial score (nSPS) is 11.5. The first-order chi connectivity index (χ1) is 16.0. The SMILES string of the molecule is O=C(CCc1ccc(S(=O)(=O)NCCc2ccccc2)cc1)Cc1ccc2cnccc2c1. The fourth-order valence-corrected chi connectivity index (χ4v) is 4.77. The van der Waals surface area contributed by atoms with Crippen LogP contribution in [0.2, 0.25) is 0 Å². The van der Waals surface area contributed by atoms with E-state index in [9.17, 15) is 13.2 Å². The van der Waals surface area contributed by atoms with Crippen LogP contribution in [0.5, 0.6) is 0 Å². The highest BCUT2D eigenvalue weighted by molar-refractivity contribution is 7.89. The summed E-state index contributed by atoms with van der Waals surface area (Å²) in [7, 11) is -3.56. The van der Waals surface area contributed by atoms with Crippen molar-refractivity contribution in [2.75, 3.05) is 6.54 Å². The van der Waals surface area contributed by atoms with Gasteiger partial charge in [-0.25, -0.2) is 13.1 Å². The molecule has 1 N–H and O–H groups in total. The minimum absolute atomic E-state index is 0.155. The topological polar surface area (TPSA) is 76.1 Å². The number of carbonyl (C=O) groups is 1. The molecule has 0 bridgehead atoms. The van der Waals surface area contributed by atoms with Gasteiger partial charge in [-0.05, 0) is 53.1 Å². The number of pyridine rings is 1. The summed E-state index contributed by atoms with van der Waals surface area (Å²) in [4.78, 5) is 16.8. The molecule has 0 aliphatic heterocycles. The summed E-state index contributed by atoms with van der Waals surface area (Å²) in [6.07, 6.45) is 5.57. The predicted molar refractivity (Wildman–Crippen MR) is 131 cm³/mol. The second-order valence-electron chi connectivity index (χ2n) is 8.05. The number of nitrogens with zero attached hydrogens (tertiary/aromatic N) is 1. The van der Waals surface area contributed by atoms with Gasteiger partial charge < -0.3 is 0 Å². The number of Topliss-reactive ketones (excluding diaryl/α,β-unsaturated/α-hetero) is 1. The van der Waals surface area contributed by atoms with E-state index in [1.165, 1.54) is 0 Å². The number of nitrogens with one attached hydrogen (secondary N) is 1. The van der Waals surface area contributed by atoms with Crippen molar-refractivity contribution in [1.29, 1.82) is 0 Å². The third-order valence-electron chi connectivity index (χ3n) is 5.58. The van der Waals surface area contributed by atoms with Gasteiger partial charge in [0.1, 0.15) is 5.78 Å². The lowest BCUT2D eigenvalue weighted by atomic mass is 10.0. The van der Waals surface area contributed by atoms with E-state index in [-0.39, 0.29) is 10.7 Å². The summed E-state index contributed by atoms with van der Waals surface area (Å²) in [6.45, 7) is 0.341. The summed E-state index contributed by atoms with van der Waals surface area (Å²) in [6, 6.07) is 24.4. The lowest BCUT2D eigenvalue weighted by Crippen LogP contribution is -2.26. The molecule has 3 aromatic carbocycles. The molecule has 6 heteroatoms. The minimum atomic E-state index is -3.56. The van der Waals surface area contributed by atoms with E-state index in [2.05, 4.69) is 9.71 Å². The number of rotatable bonds is 10. The van der Waals surface area contributed by atoms with Crippen molar-refractivity contribution in [3.8, 4) is 0 Å². The maximum Gasteiger partial charge on any atom is 0.240 e. The zero-order valence-electron chi connectivity index (χ0n) is 18.3. The van der Waals surface area contributed by atoms with Gasteiger partial charge in [0.25, 0.3) is 0 Å². The molecular formula is C27H26N2O3S. The summed E-state index contributed by atoms with van der Waals surface area (Å²) in [5.41, 5.74) is 3.01. The second-order valence-corrected chi connectivity index (χ2v) is 9.82. The van der Waals surface area contributed by atoms with Crippen molar-refractivity contribution >= 4 is 26.6 Å². The Morgan fingerprint density at radius 2 is 1.52 bits per heavy atom. The molecule has 0 atom stereocenters. The lowest BCUT2D eigenvalue weighted by molar-refractivity contribution is -0.118. The Morgan fingerprint density at radius 3 is 2.30 bits per heavy atom. The van der Waals surface area contributed by atoms with E-state index in [0.717, 1.165) is 27.5 Å². The molecule has 1 heterocycles. The first-order valence-electron chi connectivity index (χ1n) is 11.0. The highest BCUT2D eigenvalue weighted by atomic mass is 32.2. The highest BCUT2D eigenvalue weighted by Gasteiger charge is 2.13. The van der Waals surface area contributed by atoms with Crippen LogP contribution in [-0.2, 0) is 34.1 Å². The molecule has 0 unspecified atom stereocenters. The summed E-state index contributed by atoms with van der Waals surface area (Å²) < 4.78 is 27.7. The fraction of sp³-hybridized carbons (Fsp3) is 0.185. The maximum atomic E-state index is 12.5. The molecule has 1 aromatic heterocycles. The molecule has 4 rings (SSSR count). The molecule has 0 aliphatic rings. The standard InChI is InChI=1S/C27H26N2O3S/c30-26(19-23-6-10-25-20-28-16-15-24(25)18-23)11-7-22-8-12-27(13-9-22)33(31,32)29-17-14-21-4-2-1-3-5-21/h1-6,8-10,12-13,15-16,18,20,29H,7,11,14,17,19H2. The van der Waals surface area contributed by atoms with Crippen LogP contribution in [0, 0.1) is 0 Å². The predicted octanol–water partition coefficient (Wildman–Crippen LogP) is 4.50. The summed E-state index contributed by atoms with van der Waals surface area (Å²) in [5, 5.41) is 2.13. The molecule has 168 valence electrons. The van der Waals surface area contributed by atoms with Crippen molar-refractivity contribution < 1.29 is 13.2 Å². The van der Waals surface area contributed by atoms with Crippen molar-refractivity contribution in [1.82, 2.24) is 9.71 Å². The lowest BCUT2D eigenvalue weighted by Gasteiger charge is -2.08. The number of benzene rings is 3. The molecule has 0 amide bonds. The number of aromatic nitrogens is 1. The Kier molecular flexibility index (Phi) is 7.27. The Balaban J connectivity index is 1.28. The van der Waals surface area contributed by atoms with Crippen LogP contribution < -0.4 is 4.72 Å². The fourth-order valence-electron chi connectivity index (χ4n) is 3.74. The van der Waals surface area contributed by atoms with Gasteiger partial charge >= 0.3 is 0 Å². The van der Waals surface area contributed by atoms with Crippen LogP contribution in [0.15, 0.2) is 96.2 Å². The number of ketones is 1. The molecular weight excluding hydrogens is 432 g/mol. The van der Waals surface area contributed by atoms with E-state index in [1.807, 2.05) is 60.8 Å². The Bertz CT molecular complexity index is 1330. The quantitative estimate of drug-likeness (QED) is 0.380. The van der Waals surface area contributed by atoms with Gasteiger partial charge in [-0.3, -0.25) is 9.78 Å². The van der Waals surface area contributed by atoms with Crippen molar-refractivity contribution in [2.45, 2.75) is 30.6 Å². The summed E-state index contributed by atoms with van der Waals surface area (Å²) in [5.74, 6) is 0.155. The van der Waals surface area contributed by atoms with Gasteiger partial charge in [-0.1, -0.05) is 60.7 Å². The molecule has 0 saturated heterocycles. The Morgan fingerprint density at radius 1 is 0.788 bits per heavy atom. The van der Waals surface area contributed by atoms with Crippen LogP contribution in [0.25, 0.3) is 10.8 Å². The van der Waals surface area contributed by atoms with Crippen molar-refractivity contribution in [2.24, 2.45) is 0 Å². The van der Waals surface area contributed by atoms with E-state index >= 15 is 0 Å². The second kappa shape index (κ2) is 10.5. The van der Waals surface area contributed by atoms with E-state index < -0.39 is 10.0 Å². The third-order valence-corrected chi connectivity index (χ3v) is 7.06. The average molecular weight is 459 g/mol. The van der Waals surface area contributed by atoms with Crippen molar-refractivity contribution in [3.05, 3.63) is 108 Å². The van der Waals surface area contributed by atoms with Gasteiger partial charge in [0.05, 0.1) is 4.90 Å². The molecule has 0 spiro atoms. The van der Waals surface area contributed by atoms with Crippen LogP contribution in [0.3, 0.4) is 0 Å². The van der Waals surface area contributed by atoms with E-state index in [1.54, 1.807) is 30.5 Å². The molecule has 4 aromatic rings. The van der Waals surface area contributed by atoms with Crippen LogP contribution in [-0.4, -0.2) is 25.7 Å². The number of aryl methyl sites for hydroxylation is 1. The van der Waals surface area contributed by atoms with Crippen molar-refractivity contribution in [3.63, 3.8) is 0 Å². The molecule has 0 fully saturated rings. The Hall–Kier alpha value is -3.35. The number of sulfonamides is 1. The number of hydrogen-bond acceptors (Lipinski definition) is 4. The minimum Gasteiger partial charge on any atom is -0.299 e. The third kappa shape index (κ3) is 6.34. The van der Waals surface area contributed by atoms with Gasteiger partial charge in [0.2, 0.25) is 10.0 Å². The molecule has 0 radical (unpaired) electrons. The molecule has 0 saturated carbocycles. The van der Waals surface area contributed by atoms with E-state index in [0.29, 0.717) is 32.2 Å². The monoisotopic (exact) mass is 458 g/mol. The number of hydrogen-bond donors (Lipinski definition) is 1. The van der Waals surface area contributed by atoms with Crippen LogP contribution >= 0.6 is 0 Å². The Labute approximate surface area is 194 Å². The first-order valence-corrected chi connectivity index (χ1v) is 12.4. The van der Waals surface area contributed by atoms with Crippen LogP contribution in [0.4, 0.5) is 0 Å². The summed E-state index contributed by atoms with van der Waals surface area (Å²) >= 11 is 0. The van der Waals surface area contributed by atoms with Gasteiger partial charge in [0, 0.05) is 37.2 Å². The van der Waals surface area contributed by atoms with Gasteiger partial charge in [-0.15, -0.1) is 0 Å². The average Bonchev–Trinajstić information content (AvgIpc) is 2.83. The zero-order chi connectivity index (χ0) is 23.1. The zero-order valence-corrected chi connectivity index (χ0v) is 19.1. The number of fused-ring (bicyclic) bond motifs is 1. The number of carbonyl (C=O) groups excluding carboxylic acids is 1. The first kappa shape index (κ1) is 22.8. The van der Waals surface area contributed by atoms with E-state index in [4.69, 9.17) is 0 Å². The van der Waals surface area contributed by atoms with Crippen LogP contribution in [0.1, 0.15) is 23.1 Å². The maximum absolute atomic E-state index is 12.5. The largest absolute Gasteiger partial charge is 0.299 e. The van der Waals surface area contributed by atoms with Gasteiger partial charge in [-0.2, -0.15) is 0 Å². The smallest absolute Gasteiger partial charge is 0.240 e. The van der Waals surface area contributed by atoms with Gasteiger partial charge in [0.15, 0.2) is 0 Å². The highest BCUT2D eigenvalue weighted by Crippen LogP contribution is 2.16. The molecule has 33 heavy (non-hydrogen) atoms. The molecule has 5 nitrogen and oxygen atoms in total. The molecule has 0 aliphatic carbocycles.